The molecule has 2 aliphatic rings. The number of thiophene rings is 1. The first-order valence-electron chi connectivity index (χ1n) is 13.3. The molecular weight excluding hydrogens is 482 g/mol. The van der Waals surface area contributed by atoms with Gasteiger partial charge in [0.05, 0.1) is 19.6 Å². The van der Waals surface area contributed by atoms with Crippen molar-refractivity contribution in [3.8, 4) is 0 Å². The van der Waals surface area contributed by atoms with Gasteiger partial charge in [0, 0.05) is 35.4 Å². The maximum atomic E-state index is 14.0. The van der Waals surface area contributed by atoms with Crippen LogP contribution >= 0.6 is 11.3 Å². The van der Waals surface area contributed by atoms with E-state index in [2.05, 4.69) is 16.3 Å². The Morgan fingerprint density at radius 2 is 1.76 bits per heavy atom. The number of carbonyl (C=O) groups excluding carboxylic acids is 2. The fourth-order valence-electron chi connectivity index (χ4n) is 5.33. The minimum atomic E-state index is -0.754. The van der Waals surface area contributed by atoms with Crippen LogP contribution in [0.2, 0.25) is 0 Å². The Kier molecular flexibility index (Phi) is 8.53. The van der Waals surface area contributed by atoms with E-state index in [0.29, 0.717) is 13.2 Å². The molecule has 0 spiro atoms. The van der Waals surface area contributed by atoms with Crippen LogP contribution in [0.25, 0.3) is 0 Å². The van der Waals surface area contributed by atoms with Gasteiger partial charge in [-0.15, -0.1) is 11.3 Å². The molecule has 6 nitrogen and oxygen atoms in total. The van der Waals surface area contributed by atoms with Gasteiger partial charge in [0.1, 0.15) is 6.04 Å². The number of hydrogen-bond acceptors (Lipinski definition) is 5. The Labute approximate surface area is 223 Å². The summed E-state index contributed by atoms with van der Waals surface area (Å²) in [4.78, 5) is 33.0. The van der Waals surface area contributed by atoms with Crippen LogP contribution in [0.3, 0.4) is 0 Å². The molecule has 0 bridgehead atoms. The van der Waals surface area contributed by atoms with Crippen LogP contribution in [-0.2, 0) is 20.7 Å². The maximum Gasteiger partial charge on any atom is 0.248 e. The summed E-state index contributed by atoms with van der Waals surface area (Å²) in [6, 6.07) is 21.1. The molecule has 1 atom stereocenters. The number of hydrogen-bond donors (Lipinski definition) is 1. The zero-order chi connectivity index (χ0) is 25.5. The summed E-state index contributed by atoms with van der Waals surface area (Å²) in [6.07, 6.45) is 5.70. The number of rotatable bonds is 8. The fraction of sp³-hybridized carbons (Fsp3) is 0.400. The first kappa shape index (κ1) is 25.5. The van der Waals surface area contributed by atoms with E-state index in [1.54, 1.807) is 16.2 Å². The van der Waals surface area contributed by atoms with Crippen molar-refractivity contribution in [3.05, 3.63) is 82.6 Å². The smallest absolute Gasteiger partial charge is 0.248 e. The predicted molar refractivity (Wildman–Crippen MR) is 149 cm³/mol. The molecular formula is C30H35N3O3S. The number of ether oxygens (including phenoxy) is 1. The zero-order valence-electron chi connectivity index (χ0n) is 21.2. The Bertz CT molecular complexity index is 1160. The van der Waals surface area contributed by atoms with Crippen molar-refractivity contribution in [2.45, 2.75) is 50.6 Å². The highest BCUT2D eigenvalue weighted by Gasteiger charge is 2.34. The molecule has 2 heterocycles. The molecule has 1 saturated heterocycles. The molecule has 2 aromatic carbocycles. The van der Waals surface area contributed by atoms with E-state index in [9.17, 15) is 9.59 Å². The van der Waals surface area contributed by atoms with Crippen molar-refractivity contribution in [2.24, 2.45) is 0 Å². The summed E-state index contributed by atoms with van der Waals surface area (Å²) in [7, 11) is 0. The summed E-state index contributed by atoms with van der Waals surface area (Å²) in [5, 5.41) is 5.28. The van der Waals surface area contributed by atoms with E-state index in [1.165, 1.54) is 6.42 Å². The van der Waals surface area contributed by atoms with Gasteiger partial charge in [-0.2, -0.15) is 0 Å². The van der Waals surface area contributed by atoms with Crippen molar-refractivity contribution in [1.82, 2.24) is 5.32 Å². The Morgan fingerprint density at radius 1 is 0.973 bits per heavy atom. The van der Waals surface area contributed by atoms with Crippen molar-refractivity contribution >= 4 is 34.5 Å². The third kappa shape index (κ3) is 6.40. The van der Waals surface area contributed by atoms with Gasteiger partial charge in [0.25, 0.3) is 0 Å². The number of morpholine rings is 1. The summed E-state index contributed by atoms with van der Waals surface area (Å²) in [5.41, 5.74) is 2.58. The lowest BCUT2D eigenvalue weighted by Crippen LogP contribution is -2.47. The van der Waals surface area contributed by atoms with Gasteiger partial charge in [0.2, 0.25) is 11.8 Å². The monoisotopic (exact) mass is 517 g/mol. The van der Waals surface area contributed by atoms with E-state index >= 15 is 0 Å². The van der Waals surface area contributed by atoms with Crippen LogP contribution in [-0.4, -0.2) is 44.2 Å². The van der Waals surface area contributed by atoms with Gasteiger partial charge in [-0.1, -0.05) is 61.7 Å². The van der Waals surface area contributed by atoms with E-state index in [-0.39, 0.29) is 24.3 Å². The maximum absolute atomic E-state index is 14.0. The number of benzene rings is 2. The number of nitrogens with one attached hydrogen (secondary N) is 1. The highest BCUT2D eigenvalue weighted by atomic mass is 32.1. The lowest BCUT2D eigenvalue weighted by atomic mass is 9.94. The van der Waals surface area contributed by atoms with Crippen molar-refractivity contribution in [3.63, 3.8) is 0 Å². The molecule has 1 unspecified atom stereocenters. The number of amides is 2. The second kappa shape index (κ2) is 12.4. The number of carbonyl (C=O) groups is 2. The number of anilines is 2. The lowest BCUT2D eigenvalue weighted by Gasteiger charge is -2.35. The van der Waals surface area contributed by atoms with Crippen LogP contribution in [0, 0.1) is 0 Å². The van der Waals surface area contributed by atoms with Gasteiger partial charge >= 0.3 is 0 Å². The molecule has 2 amide bonds. The summed E-state index contributed by atoms with van der Waals surface area (Å²) < 4.78 is 5.54. The summed E-state index contributed by atoms with van der Waals surface area (Å²) in [6.45, 7) is 2.97. The fourth-order valence-corrected chi connectivity index (χ4v) is 6.02. The molecule has 1 aliphatic carbocycles. The average molecular weight is 518 g/mol. The number of nitrogens with zero attached hydrogens (tertiary/aromatic N) is 2. The lowest BCUT2D eigenvalue weighted by molar-refractivity contribution is -0.127. The van der Waals surface area contributed by atoms with Gasteiger partial charge in [-0.05, 0) is 48.1 Å². The molecule has 5 rings (SSSR count). The van der Waals surface area contributed by atoms with Gasteiger partial charge < -0.3 is 15.0 Å². The first-order chi connectivity index (χ1) is 18.2. The Morgan fingerprint density at radius 3 is 2.49 bits per heavy atom. The molecule has 3 aromatic rings. The minimum absolute atomic E-state index is 0.0887. The summed E-state index contributed by atoms with van der Waals surface area (Å²) >= 11 is 1.56. The topological polar surface area (TPSA) is 61.9 Å². The molecule has 1 saturated carbocycles. The molecule has 194 valence electrons. The van der Waals surface area contributed by atoms with Crippen LogP contribution in [0.5, 0.6) is 0 Å². The molecule has 2 fully saturated rings. The van der Waals surface area contributed by atoms with Crippen LogP contribution in [0.1, 0.15) is 48.6 Å². The minimum Gasteiger partial charge on any atom is -0.378 e. The zero-order valence-corrected chi connectivity index (χ0v) is 22.0. The molecule has 1 N–H and O–H groups in total. The quantitative estimate of drug-likeness (QED) is 0.438. The highest BCUT2D eigenvalue weighted by molar-refractivity contribution is 7.10. The summed E-state index contributed by atoms with van der Waals surface area (Å²) in [5.74, 6) is -0.205. The van der Waals surface area contributed by atoms with Crippen molar-refractivity contribution in [1.29, 1.82) is 0 Å². The normalized spacial score (nSPS) is 17.2. The SMILES string of the molecule is O=C(NC1CCCCC1)C(c1ccccc1)N(C(=O)Cc1cccs1)c1cccc(N2CCOCC2)c1. The van der Waals surface area contributed by atoms with Gasteiger partial charge in [0.15, 0.2) is 0 Å². The predicted octanol–water partition coefficient (Wildman–Crippen LogP) is 5.35. The van der Waals surface area contributed by atoms with Crippen molar-refractivity contribution in [2.75, 3.05) is 36.1 Å². The standard InChI is InChI=1S/C30H35N3O3S/c34-28(22-27-15-8-20-37-27)33(26-14-7-13-25(21-26)32-16-18-36-19-17-32)29(23-9-3-1-4-10-23)30(35)31-24-11-5-2-6-12-24/h1,3-4,7-10,13-15,20-21,24,29H,2,5-6,11-12,16-19,22H2,(H,31,35). The van der Waals surface area contributed by atoms with Gasteiger partial charge in [-0.3, -0.25) is 14.5 Å². The second-order valence-electron chi connectivity index (χ2n) is 9.80. The van der Waals surface area contributed by atoms with E-state index in [0.717, 1.165) is 60.6 Å². The van der Waals surface area contributed by atoms with Gasteiger partial charge in [-0.25, -0.2) is 0 Å². The van der Waals surface area contributed by atoms with E-state index in [4.69, 9.17) is 4.74 Å². The molecule has 1 aliphatic heterocycles. The van der Waals surface area contributed by atoms with E-state index in [1.807, 2.05) is 66.0 Å². The van der Waals surface area contributed by atoms with Crippen LogP contribution in [0.15, 0.2) is 72.1 Å². The molecule has 7 heteroatoms. The van der Waals surface area contributed by atoms with Crippen molar-refractivity contribution < 1.29 is 14.3 Å². The molecule has 37 heavy (non-hydrogen) atoms. The third-order valence-corrected chi connectivity index (χ3v) is 8.11. The largest absolute Gasteiger partial charge is 0.378 e. The Hall–Kier alpha value is -3.16. The highest BCUT2D eigenvalue weighted by Crippen LogP contribution is 2.32. The average Bonchev–Trinajstić information content (AvgIpc) is 3.46. The first-order valence-corrected chi connectivity index (χ1v) is 14.2. The third-order valence-electron chi connectivity index (χ3n) is 7.23. The molecule has 1 aromatic heterocycles. The molecule has 0 radical (unpaired) electrons. The second-order valence-corrected chi connectivity index (χ2v) is 10.8. The van der Waals surface area contributed by atoms with Crippen LogP contribution < -0.4 is 15.1 Å². The van der Waals surface area contributed by atoms with Crippen LogP contribution in [0.4, 0.5) is 11.4 Å². The Balaban J connectivity index is 1.53. The van der Waals surface area contributed by atoms with E-state index < -0.39 is 6.04 Å².